The summed E-state index contributed by atoms with van der Waals surface area (Å²) in [6.07, 6.45) is 0. The van der Waals surface area contributed by atoms with E-state index < -0.39 is 20.6 Å². The van der Waals surface area contributed by atoms with Gasteiger partial charge in [-0.25, -0.2) is 18.5 Å². The number of nitrogens with zero attached hydrogens (tertiary/aromatic N) is 2. The fourth-order valence-electron chi connectivity index (χ4n) is 2.18. The molecule has 0 saturated heterocycles. The molecule has 8 nitrogen and oxygen atoms in total. The molecular weight excluding hydrogens is 378 g/mol. The Balaban J connectivity index is 1.80. The number of nitro groups is 1. The van der Waals surface area contributed by atoms with E-state index in [1.54, 1.807) is 5.38 Å². The average Bonchev–Trinajstić information content (AvgIpc) is 3.08. The lowest BCUT2D eigenvalue weighted by molar-refractivity contribution is -0.386. The number of hydrogen-bond acceptors (Lipinski definition) is 7. The second kappa shape index (κ2) is 7.20. The summed E-state index contributed by atoms with van der Waals surface area (Å²) in [6.45, 7) is 0.0128. The van der Waals surface area contributed by atoms with Crippen molar-refractivity contribution in [3.63, 3.8) is 0 Å². The number of rotatable bonds is 6. The number of hydrogen-bond donors (Lipinski definition) is 1. The Labute approximate surface area is 153 Å². The molecule has 0 spiro atoms. The zero-order valence-corrected chi connectivity index (χ0v) is 14.9. The van der Waals surface area contributed by atoms with E-state index in [1.165, 1.54) is 17.4 Å². The van der Waals surface area contributed by atoms with Crippen molar-refractivity contribution in [2.75, 3.05) is 0 Å². The van der Waals surface area contributed by atoms with Gasteiger partial charge in [-0.2, -0.15) is 0 Å². The maximum absolute atomic E-state index is 11.3. The first kappa shape index (κ1) is 18.0. The van der Waals surface area contributed by atoms with Crippen molar-refractivity contribution in [1.82, 2.24) is 4.98 Å². The summed E-state index contributed by atoms with van der Waals surface area (Å²) in [7, 11) is -4.04. The SMILES string of the molecule is NS(=O)(=O)c1ccc(OCc2csc(-c3ccccc3)n2)c([N+](=O)[O-])c1. The van der Waals surface area contributed by atoms with E-state index in [-0.39, 0.29) is 17.3 Å². The first-order chi connectivity index (χ1) is 12.3. The molecule has 26 heavy (non-hydrogen) atoms. The van der Waals surface area contributed by atoms with E-state index in [0.29, 0.717) is 5.69 Å². The molecule has 1 heterocycles. The molecule has 0 saturated carbocycles. The second-order valence-electron chi connectivity index (χ2n) is 5.23. The Kier molecular flexibility index (Phi) is 4.98. The van der Waals surface area contributed by atoms with Crippen molar-refractivity contribution in [2.45, 2.75) is 11.5 Å². The second-order valence-corrected chi connectivity index (χ2v) is 7.65. The van der Waals surface area contributed by atoms with Crippen molar-refractivity contribution < 1.29 is 18.1 Å². The lowest BCUT2D eigenvalue weighted by Crippen LogP contribution is -2.12. The van der Waals surface area contributed by atoms with Gasteiger partial charge in [0.2, 0.25) is 10.0 Å². The third-order valence-electron chi connectivity index (χ3n) is 3.40. The van der Waals surface area contributed by atoms with Gasteiger partial charge < -0.3 is 4.74 Å². The van der Waals surface area contributed by atoms with Gasteiger partial charge in [0.25, 0.3) is 0 Å². The topological polar surface area (TPSA) is 125 Å². The highest BCUT2D eigenvalue weighted by Gasteiger charge is 2.20. The van der Waals surface area contributed by atoms with Gasteiger partial charge in [0.15, 0.2) is 5.75 Å². The highest BCUT2D eigenvalue weighted by Crippen LogP contribution is 2.30. The molecule has 0 aliphatic carbocycles. The van der Waals surface area contributed by atoms with Crippen molar-refractivity contribution in [3.05, 3.63) is 69.7 Å². The molecule has 10 heteroatoms. The molecule has 0 bridgehead atoms. The molecule has 3 aromatic rings. The first-order valence-electron chi connectivity index (χ1n) is 7.28. The van der Waals surface area contributed by atoms with Gasteiger partial charge in [-0.3, -0.25) is 10.1 Å². The highest BCUT2D eigenvalue weighted by atomic mass is 32.2. The molecule has 0 radical (unpaired) electrons. The highest BCUT2D eigenvalue weighted by molar-refractivity contribution is 7.89. The van der Waals surface area contributed by atoms with E-state index in [0.717, 1.165) is 22.7 Å². The Hall–Kier alpha value is -2.82. The molecule has 3 rings (SSSR count). The lowest BCUT2D eigenvalue weighted by atomic mass is 10.2. The van der Waals surface area contributed by atoms with Crippen molar-refractivity contribution in [1.29, 1.82) is 0 Å². The summed E-state index contributed by atoms with van der Waals surface area (Å²) >= 11 is 1.43. The summed E-state index contributed by atoms with van der Waals surface area (Å²) in [4.78, 5) is 14.5. The predicted molar refractivity (Wildman–Crippen MR) is 96.4 cm³/mol. The Morgan fingerprint density at radius 1 is 1.19 bits per heavy atom. The normalized spacial score (nSPS) is 11.3. The number of aromatic nitrogens is 1. The van der Waals surface area contributed by atoms with Crippen LogP contribution in [-0.2, 0) is 16.6 Å². The smallest absolute Gasteiger partial charge is 0.312 e. The minimum absolute atomic E-state index is 0.0128. The number of ether oxygens (including phenoxy) is 1. The molecule has 0 unspecified atom stereocenters. The number of primary sulfonamides is 1. The molecule has 134 valence electrons. The Morgan fingerprint density at radius 2 is 1.92 bits per heavy atom. The fourth-order valence-corrected chi connectivity index (χ4v) is 3.52. The minimum atomic E-state index is -4.04. The molecule has 0 aliphatic rings. The van der Waals surface area contributed by atoms with Gasteiger partial charge in [-0.1, -0.05) is 30.3 Å². The van der Waals surface area contributed by atoms with Gasteiger partial charge in [-0.15, -0.1) is 11.3 Å². The molecule has 0 amide bonds. The Morgan fingerprint density at radius 3 is 2.58 bits per heavy atom. The van der Waals surface area contributed by atoms with Crippen molar-refractivity contribution in [2.24, 2.45) is 5.14 Å². The van der Waals surface area contributed by atoms with Gasteiger partial charge in [0.1, 0.15) is 11.6 Å². The predicted octanol–water partition coefficient (Wildman–Crippen LogP) is 2.94. The van der Waals surface area contributed by atoms with Crippen LogP contribution < -0.4 is 9.88 Å². The van der Waals surface area contributed by atoms with Gasteiger partial charge >= 0.3 is 5.69 Å². The van der Waals surface area contributed by atoms with Crippen LogP contribution in [0.15, 0.2) is 58.8 Å². The van der Waals surface area contributed by atoms with E-state index >= 15 is 0 Å². The monoisotopic (exact) mass is 391 g/mol. The van der Waals surface area contributed by atoms with Crippen LogP contribution in [0.3, 0.4) is 0 Å². The largest absolute Gasteiger partial charge is 0.480 e. The summed E-state index contributed by atoms with van der Waals surface area (Å²) in [5.41, 5.74) is 1.10. The third-order valence-corrected chi connectivity index (χ3v) is 5.25. The lowest BCUT2D eigenvalue weighted by Gasteiger charge is -2.06. The van der Waals surface area contributed by atoms with Crippen LogP contribution in [0.2, 0.25) is 0 Å². The molecule has 0 fully saturated rings. The van der Waals surface area contributed by atoms with Crippen LogP contribution >= 0.6 is 11.3 Å². The van der Waals surface area contributed by atoms with Crippen molar-refractivity contribution in [3.8, 4) is 16.3 Å². The van der Waals surface area contributed by atoms with E-state index in [4.69, 9.17) is 9.88 Å². The van der Waals surface area contributed by atoms with Crippen molar-refractivity contribution >= 4 is 27.0 Å². The zero-order valence-electron chi connectivity index (χ0n) is 13.2. The number of benzene rings is 2. The van der Waals surface area contributed by atoms with Crippen LogP contribution in [-0.4, -0.2) is 18.3 Å². The summed E-state index contributed by atoms with van der Waals surface area (Å²) in [6, 6.07) is 12.8. The van der Waals surface area contributed by atoms with Gasteiger partial charge in [0, 0.05) is 17.0 Å². The molecule has 1 aromatic heterocycles. The average molecular weight is 391 g/mol. The van der Waals surface area contributed by atoms with E-state index in [2.05, 4.69) is 4.98 Å². The zero-order chi connectivity index (χ0) is 18.7. The number of nitro benzene ring substituents is 1. The minimum Gasteiger partial charge on any atom is -0.480 e. The van der Waals surface area contributed by atoms with Crippen LogP contribution in [0.4, 0.5) is 5.69 Å². The fraction of sp³-hybridized carbons (Fsp3) is 0.0625. The number of sulfonamides is 1. The maximum atomic E-state index is 11.3. The quantitative estimate of drug-likeness (QED) is 0.509. The molecule has 2 aromatic carbocycles. The maximum Gasteiger partial charge on any atom is 0.312 e. The van der Waals surface area contributed by atoms with Crippen LogP contribution in [0, 0.1) is 10.1 Å². The summed E-state index contributed by atoms with van der Waals surface area (Å²) in [5.74, 6) is -0.0586. The summed E-state index contributed by atoms with van der Waals surface area (Å²) < 4.78 is 28.2. The van der Waals surface area contributed by atoms with E-state index in [9.17, 15) is 18.5 Å². The number of nitrogens with two attached hydrogens (primary N) is 1. The summed E-state index contributed by atoms with van der Waals surface area (Å²) in [5, 5.41) is 18.8. The molecular formula is C16H13N3O5S2. The standard InChI is InChI=1S/C16H13N3O5S2/c17-26(22,23)13-6-7-15(14(8-13)19(20)21)24-9-12-10-25-16(18-12)11-4-2-1-3-5-11/h1-8,10H,9H2,(H2,17,22,23). The van der Waals surface area contributed by atoms with Crippen LogP contribution in [0.25, 0.3) is 10.6 Å². The van der Waals surface area contributed by atoms with Gasteiger partial charge in [-0.05, 0) is 12.1 Å². The van der Waals surface area contributed by atoms with Crippen LogP contribution in [0.5, 0.6) is 5.75 Å². The van der Waals surface area contributed by atoms with Crippen LogP contribution in [0.1, 0.15) is 5.69 Å². The van der Waals surface area contributed by atoms with E-state index in [1.807, 2.05) is 30.3 Å². The first-order valence-corrected chi connectivity index (χ1v) is 9.71. The molecule has 2 N–H and O–H groups in total. The Bertz CT molecular complexity index is 1050. The molecule has 0 aliphatic heterocycles. The molecule has 0 atom stereocenters. The number of thiazole rings is 1. The third kappa shape index (κ3) is 4.04. The van der Waals surface area contributed by atoms with Gasteiger partial charge in [0.05, 0.1) is 15.5 Å².